The van der Waals surface area contributed by atoms with Crippen molar-refractivity contribution in [1.29, 1.82) is 0 Å². The van der Waals surface area contributed by atoms with Gasteiger partial charge in [-0.2, -0.15) is 0 Å². The summed E-state index contributed by atoms with van der Waals surface area (Å²) in [6.45, 7) is 4.46. The molecule has 0 fully saturated rings. The highest BCUT2D eigenvalue weighted by molar-refractivity contribution is 6.30. The molecule has 1 amide bonds. The second-order valence-corrected chi connectivity index (χ2v) is 5.70. The maximum absolute atomic E-state index is 12.3. The highest BCUT2D eigenvalue weighted by atomic mass is 35.5. The summed E-state index contributed by atoms with van der Waals surface area (Å²) in [5, 5.41) is 3.50. The summed E-state index contributed by atoms with van der Waals surface area (Å²) in [6, 6.07) is 7.28. The summed E-state index contributed by atoms with van der Waals surface area (Å²) in [6.07, 6.45) is 1.81. The molecular formula is C17H16ClNO3. The topological polar surface area (TPSA) is 51.5 Å². The lowest BCUT2D eigenvalue weighted by molar-refractivity contribution is -0.117. The Morgan fingerprint density at radius 2 is 2.14 bits per heavy atom. The fourth-order valence-electron chi connectivity index (χ4n) is 2.43. The van der Waals surface area contributed by atoms with Gasteiger partial charge in [-0.05, 0) is 44.2 Å². The Hall–Kier alpha value is -2.20. The molecule has 0 atom stereocenters. The smallest absolute Gasteiger partial charge is 0.250 e. The van der Waals surface area contributed by atoms with Crippen LogP contribution in [0.4, 0.5) is 0 Å². The van der Waals surface area contributed by atoms with Crippen molar-refractivity contribution in [2.75, 3.05) is 6.61 Å². The van der Waals surface area contributed by atoms with Gasteiger partial charge in [0.25, 0.3) is 5.91 Å². The number of fused-ring (bicyclic) bond motifs is 1. The minimum absolute atomic E-state index is 0.149. The van der Waals surface area contributed by atoms with E-state index in [9.17, 15) is 4.79 Å². The van der Waals surface area contributed by atoms with Crippen LogP contribution in [-0.4, -0.2) is 12.5 Å². The molecule has 0 unspecified atom stereocenters. The van der Waals surface area contributed by atoms with Crippen molar-refractivity contribution >= 4 is 23.6 Å². The van der Waals surface area contributed by atoms with E-state index in [0.717, 1.165) is 28.4 Å². The molecule has 114 valence electrons. The van der Waals surface area contributed by atoms with Gasteiger partial charge in [0.2, 0.25) is 0 Å². The van der Waals surface area contributed by atoms with Crippen molar-refractivity contribution in [2.45, 2.75) is 20.4 Å². The summed E-state index contributed by atoms with van der Waals surface area (Å²) >= 11 is 5.97. The van der Waals surface area contributed by atoms with Crippen molar-refractivity contribution in [3.8, 4) is 5.75 Å². The average Bonchev–Trinajstić information content (AvgIpc) is 2.81. The number of amides is 1. The SMILES string of the molecule is Cc1cc(CNC(=O)C2=Cc3cc(Cl)ccc3OC2)c(C)o1. The van der Waals surface area contributed by atoms with Crippen LogP contribution < -0.4 is 10.1 Å². The summed E-state index contributed by atoms with van der Waals surface area (Å²) in [4.78, 5) is 12.3. The zero-order valence-electron chi connectivity index (χ0n) is 12.4. The lowest BCUT2D eigenvalue weighted by Gasteiger charge is -2.17. The molecule has 0 saturated carbocycles. The van der Waals surface area contributed by atoms with E-state index in [1.54, 1.807) is 18.2 Å². The first-order valence-electron chi connectivity index (χ1n) is 7.00. The van der Waals surface area contributed by atoms with Gasteiger partial charge in [0, 0.05) is 22.7 Å². The van der Waals surface area contributed by atoms with Gasteiger partial charge < -0.3 is 14.5 Å². The van der Waals surface area contributed by atoms with Crippen molar-refractivity contribution in [2.24, 2.45) is 0 Å². The van der Waals surface area contributed by atoms with Gasteiger partial charge in [0.05, 0.1) is 5.57 Å². The van der Waals surface area contributed by atoms with Crippen LogP contribution in [-0.2, 0) is 11.3 Å². The lowest BCUT2D eigenvalue weighted by atomic mass is 10.1. The number of rotatable bonds is 3. The number of benzene rings is 1. The quantitative estimate of drug-likeness (QED) is 0.940. The first-order valence-corrected chi connectivity index (χ1v) is 7.38. The average molecular weight is 318 g/mol. The maximum Gasteiger partial charge on any atom is 0.250 e. The number of ether oxygens (including phenoxy) is 1. The Balaban J connectivity index is 1.72. The first-order chi connectivity index (χ1) is 10.5. The minimum atomic E-state index is -0.149. The number of halogens is 1. The number of carbonyl (C=O) groups excluding carboxylic acids is 1. The standard InChI is InChI=1S/C17H16ClNO3/c1-10-5-13(11(2)22-10)8-19-17(20)14-6-12-7-15(18)3-4-16(12)21-9-14/h3-7H,8-9H2,1-2H3,(H,19,20). The van der Waals surface area contributed by atoms with E-state index in [1.165, 1.54) is 0 Å². The predicted octanol–water partition coefficient (Wildman–Crippen LogP) is 3.64. The molecule has 2 heterocycles. The van der Waals surface area contributed by atoms with Crippen LogP contribution in [0.1, 0.15) is 22.6 Å². The molecule has 0 radical (unpaired) electrons. The largest absolute Gasteiger partial charge is 0.488 e. The van der Waals surface area contributed by atoms with E-state index >= 15 is 0 Å². The molecule has 0 bridgehead atoms. The zero-order valence-corrected chi connectivity index (χ0v) is 13.2. The fraction of sp³-hybridized carbons (Fsp3) is 0.235. The molecule has 1 aromatic heterocycles. The Bertz CT molecular complexity index is 761. The molecular weight excluding hydrogens is 302 g/mol. The van der Waals surface area contributed by atoms with E-state index in [1.807, 2.05) is 26.0 Å². The van der Waals surface area contributed by atoms with Gasteiger partial charge in [0.15, 0.2) is 0 Å². The molecule has 1 aliphatic heterocycles. The molecule has 22 heavy (non-hydrogen) atoms. The highest BCUT2D eigenvalue weighted by Gasteiger charge is 2.17. The van der Waals surface area contributed by atoms with Gasteiger partial charge in [0.1, 0.15) is 23.9 Å². The van der Waals surface area contributed by atoms with E-state index in [0.29, 0.717) is 17.1 Å². The molecule has 2 aromatic rings. The zero-order chi connectivity index (χ0) is 15.7. The molecule has 0 aliphatic carbocycles. The summed E-state index contributed by atoms with van der Waals surface area (Å²) in [5.74, 6) is 2.25. The maximum atomic E-state index is 12.3. The third-order valence-corrected chi connectivity index (χ3v) is 3.79. The van der Waals surface area contributed by atoms with Gasteiger partial charge >= 0.3 is 0 Å². The second kappa shape index (κ2) is 5.89. The van der Waals surface area contributed by atoms with Crippen LogP contribution in [0, 0.1) is 13.8 Å². The van der Waals surface area contributed by atoms with Crippen molar-refractivity contribution in [3.05, 3.63) is 57.5 Å². The van der Waals surface area contributed by atoms with Crippen LogP contribution >= 0.6 is 11.6 Å². The Morgan fingerprint density at radius 3 is 2.86 bits per heavy atom. The van der Waals surface area contributed by atoms with E-state index < -0.39 is 0 Å². The van der Waals surface area contributed by atoms with Gasteiger partial charge in [-0.15, -0.1) is 0 Å². The van der Waals surface area contributed by atoms with Gasteiger partial charge in [-0.3, -0.25) is 4.79 Å². The van der Waals surface area contributed by atoms with Crippen molar-refractivity contribution < 1.29 is 13.9 Å². The number of furan rings is 1. The Labute approximate surface area is 133 Å². The first kappa shape index (κ1) is 14.7. The lowest BCUT2D eigenvalue weighted by Crippen LogP contribution is -2.28. The second-order valence-electron chi connectivity index (χ2n) is 5.26. The molecule has 3 rings (SSSR count). The van der Waals surface area contributed by atoms with Crippen LogP contribution in [0.2, 0.25) is 5.02 Å². The van der Waals surface area contributed by atoms with E-state index in [4.69, 9.17) is 20.8 Å². The molecule has 0 saturated heterocycles. The van der Waals surface area contributed by atoms with Gasteiger partial charge in [-0.25, -0.2) is 0 Å². The van der Waals surface area contributed by atoms with Crippen LogP contribution in [0.3, 0.4) is 0 Å². The molecule has 1 N–H and O–H groups in total. The Kier molecular flexibility index (Phi) is 3.94. The minimum Gasteiger partial charge on any atom is -0.488 e. The van der Waals surface area contributed by atoms with Crippen molar-refractivity contribution in [1.82, 2.24) is 5.32 Å². The molecule has 5 heteroatoms. The normalized spacial score (nSPS) is 13.1. The number of aryl methyl sites for hydroxylation is 2. The van der Waals surface area contributed by atoms with E-state index in [-0.39, 0.29) is 12.5 Å². The fourth-order valence-corrected chi connectivity index (χ4v) is 2.61. The summed E-state index contributed by atoms with van der Waals surface area (Å²) in [5.41, 5.74) is 2.37. The third kappa shape index (κ3) is 3.02. The molecule has 4 nitrogen and oxygen atoms in total. The van der Waals surface area contributed by atoms with Crippen LogP contribution in [0.25, 0.3) is 6.08 Å². The van der Waals surface area contributed by atoms with Gasteiger partial charge in [-0.1, -0.05) is 11.6 Å². The van der Waals surface area contributed by atoms with Crippen molar-refractivity contribution in [3.63, 3.8) is 0 Å². The van der Waals surface area contributed by atoms with Crippen LogP contribution in [0.5, 0.6) is 5.75 Å². The van der Waals surface area contributed by atoms with E-state index in [2.05, 4.69) is 5.32 Å². The summed E-state index contributed by atoms with van der Waals surface area (Å²) in [7, 11) is 0. The number of nitrogens with one attached hydrogen (secondary N) is 1. The molecule has 1 aromatic carbocycles. The molecule has 1 aliphatic rings. The summed E-state index contributed by atoms with van der Waals surface area (Å²) < 4.78 is 11.0. The monoisotopic (exact) mass is 317 g/mol. The predicted molar refractivity (Wildman–Crippen MR) is 85.0 cm³/mol. The third-order valence-electron chi connectivity index (χ3n) is 3.56. The highest BCUT2D eigenvalue weighted by Crippen LogP contribution is 2.29. The number of hydrogen-bond donors (Lipinski definition) is 1. The number of carbonyl (C=O) groups is 1. The number of hydrogen-bond acceptors (Lipinski definition) is 3. The Morgan fingerprint density at radius 1 is 1.32 bits per heavy atom. The van der Waals surface area contributed by atoms with Crippen LogP contribution in [0.15, 0.2) is 34.3 Å². The molecule has 0 spiro atoms.